The average Bonchev–Trinajstić information content (AvgIpc) is 3.39. The van der Waals surface area contributed by atoms with Crippen molar-refractivity contribution in [2.45, 2.75) is 322 Å². The summed E-state index contributed by atoms with van der Waals surface area (Å²) in [4.78, 5) is 35.1. The summed E-state index contributed by atoms with van der Waals surface area (Å²) in [6.07, 6.45) is 40.8. The highest BCUT2D eigenvalue weighted by molar-refractivity contribution is 5.69. The zero-order valence-corrected chi connectivity index (χ0v) is 51.0. The molecule has 0 aromatic carbocycles. The van der Waals surface area contributed by atoms with E-state index in [2.05, 4.69) is 61.1 Å². The van der Waals surface area contributed by atoms with Crippen molar-refractivity contribution >= 4 is 11.9 Å². The first-order chi connectivity index (χ1) is 36.9. The number of nitrogens with zero attached hydrogens (tertiary/aromatic N) is 4. The lowest BCUT2D eigenvalue weighted by atomic mass is 10.0. The van der Waals surface area contributed by atoms with Gasteiger partial charge in [0.15, 0.2) is 0 Å². The van der Waals surface area contributed by atoms with Crippen molar-refractivity contribution in [1.82, 2.24) is 19.6 Å². The molecular formula is C64H128N4O8. The van der Waals surface area contributed by atoms with Crippen molar-refractivity contribution in [1.29, 1.82) is 0 Å². The molecule has 4 N–H and O–H groups in total. The fourth-order valence-electron chi connectivity index (χ4n) is 11.2. The Morgan fingerprint density at radius 1 is 0.395 bits per heavy atom. The number of unbranched alkanes of at least 4 members (excludes halogenated alkanes) is 28. The molecule has 1 aliphatic heterocycles. The maximum absolute atomic E-state index is 13.1. The summed E-state index contributed by atoms with van der Waals surface area (Å²) >= 11 is 0. The zero-order valence-electron chi connectivity index (χ0n) is 51.0. The van der Waals surface area contributed by atoms with Crippen LogP contribution in [0.3, 0.4) is 0 Å². The maximum Gasteiger partial charge on any atom is 0.307 e. The summed E-state index contributed by atoms with van der Waals surface area (Å²) in [5.74, 6) is -0.483. The molecular weight excluding hydrogens is 953 g/mol. The van der Waals surface area contributed by atoms with Crippen LogP contribution in [0.5, 0.6) is 0 Å². The Labute approximate surface area is 469 Å². The van der Waals surface area contributed by atoms with E-state index in [1.54, 1.807) is 0 Å². The SMILES string of the molecule is CCCCCCCCCCC(O)CN(CCC(=O)OCCN1CC(C)N(CCOC(=O)CCN(CC(O)CCCCCCCCCC)CC(O)CCCCCCCCCC)CC1C)CC(O)CCCCCCCCCC. The first-order valence-electron chi connectivity index (χ1n) is 32.9. The lowest BCUT2D eigenvalue weighted by Crippen LogP contribution is -2.57. The second kappa shape index (κ2) is 51.7. The third kappa shape index (κ3) is 43.4. The predicted octanol–water partition coefficient (Wildman–Crippen LogP) is 13.4. The van der Waals surface area contributed by atoms with Crippen molar-refractivity contribution in [2.24, 2.45) is 0 Å². The molecule has 12 heteroatoms. The predicted molar refractivity (Wildman–Crippen MR) is 319 cm³/mol. The Hall–Kier alpha value is -1.38. The van der Waals surface area contributed by atoms with Gasteiger partial charge >= 0.3 is 11.9 Å². The molecule has 6 unspecified atom stereocenters. The van der Waals surface area contributed by atoms with E-state index in [4.69, 9.17) is 9.47 Å². The van der Waals surface area contributed by atoms with Gasteiger partial charge in [0.25, 0.3) is 0 Å². The normalized spacial score (nSPS) is 17.2. The smallest absolute Gasteiger partial charge is 0.307 e. The van der Waals surface area contributed by atoms with Gasteiger partial charge in [0.1, 0.15) is 13.2 Å². The number of aliphatic hydroxyl groups is 4. The monoisotopic (exact) mass is 1080 g/mol. The van der Waals surface area contributed by atoms with E-state index in [1.807, 2.05) is 0 Å². The van der Waals surface area contributed by atoms with Crippen LogP contribution >= 0.6 is 0 Å². The molecule has 0 radical (unpaired) electrons. The standard InChI is InChI=1S/C64H128N4O8/c1-7-11-15-19-23-27-31-35-39-59(69)53-65(54-60(70)40-36-32-28-24-20-16-12-8-2)45-43-63(73)75-49-47-67-51-58(6)68(52-57(67)5)48-50-76-64(74)44-46-66(55-61(71)41-37-33-29-25-21-17-13-9-3)56-62(72)42-38-34-30-26-22-18-14-10-4/h57-62,69-72H,7-56H2,1-6H3. The van der Waals surface area contributed by atoms with E-state index in [0.29, 0.717) is 65.6 Å². The van der Waals surface area contributed by atoms with Crippen LogP contribution in [0, 0.1) is 0 Å². The number of rotatable bonds is 56. The van der Waals surface area contributed by atoms with Crippen molar-refractivity contribution in [3.8, 4) is 0 Å². The molecule has 6 atom stereocenters. The molecule has 1 aliphatic rings. The summed E-state index contributed by atoms with van der Waals surface area (Å²) < 4.78 is 11.6. The highest BCUT2D eigenvalue weighted by Gasteiger charge is 2.29. The quantitative estimate of drug-likeness (QED) is 0.0340. The maximum atomic E-state index is 13.1. The Balaban J connectivity index is 2.57. The Morgan fingerprint density at radius 3 is 0.855 bits per heavy atom. The largest absolute Gasteiger partial charge is 0.464 e. The van der Waals surface area contributed by atoms with Crippen molar-refractivity contribution in [2.75, 3.05) is 78.7 Å². The molecule has 0 amide bonds. The first kappa shape index (κ1) is 72.6. The van der Waals surface area contributed by atoms with Crippen LogP contribution in [0.25, 0.3) is 0 Å². The molecule has 76 heavy (non-hydrogen) atoms. The van der Waals surface area contributed by atoms with Gasteiger partial charge in [0, 0.05) is 77.5 Å². The van der Waals surface area contributed by atoms with Gasteiger partial charge in [-0.25, -0.2) is 0 Å². The number of piperazine rings is 1. The van der Waals surface area contributed by atoms with Crippen LogP contribution in [0.15, 0.2) is 0 Å². The number of ether oxygens (including phenoxy) is 2. The zero-order chi connectivity index (χ0) is 55.7. The van der Waals surface area contributed by atoms with Crippen LogP contribution in [0.1, 0.15) is 286 Å². The topological polar surface area (TPSA) is 146 Å². The third-order valence-electron chi connectivity index (χ3n) is 16.2. The molecule has 0 spiro atoms. The number of esters is 2. The van der Waals surface area contributed by atoms with Gasteiger partial charge in [0.2, 0.25) is 0 Å². The minimum Gasteiger partial charge on any atom is -0.464 e. The minimum atomic E-state index is -0.476. The molecule has 0 aromatic heterocycles. The Kier molecular flexibility index (Phi) is 49.5. The van der Waals surface area contributed by atoms with Gasteiger partial charge in [0.05, 0.1) is 37.3 Å². The summed E-state index contributed by atoms with van der Waals surface area (Å²) in [5.41, 5.74) is 0. The van der Waals surface area contributed by atoms with Gasteiger partial charge in [-0.1, -0.05) is 233 Å². The molecule has 452 valence electrons. The van der Waals surface area contributed by atoms with E-state index in [0.717, 1.165) is 90.1 Å². The lowest BCUT2D eigenvalue weighted by molar-refractivity contribution is -0.146. The molecule has 1 heterocycles. The number of aliphatic hydroxyl groups excluding tert-OH is 4. The average molecular weight is 1080 g/mol. The van der Waals surface area contributed by atoms with Crippen LogP contribution in [-0.2, 0) is 19.1 Å². The van der Waals surface area contributed by atoms with Crippen molar-refractivity contribution < 1.29 is 39.5 Å². The lowest BCUT2D eigenvalue weighted by Gasteiger charge is -2.44. The number of hydrogen-bond acceptors (Lipinski definition) is 12. The van der Waals surface area contributed by atoms with Crippen LogP contribution in [-0.4, -0.2) is 167 Å². The van der Waals surface area contributed by atoms with Gasteiger partial charge in [-0.15, -0.1) is 0 Å². The molecule has 0 bridgehead atoms. The van der Waals surface area contributed by atoms with E-state index in [9.17, 15) is 30.0 Å². The number of hydrogen-bond donors (Lipinski definition) is 4. The highest BCUT2D eigenvalue weighted by atomic mass is 16.5. The summed E-state index contributed by atoms with van der Waals surface area (Å²) in [7, 11) is 0. The van der Waals surface area contributed by atoms with Crippen molar-refractivity contribution in [3.05, 3.63) is 0 Å². The highest BCUT2D eigenvalue weighted by Crippen LogP contribution is 2.18. The first-order valence-corrected chi connectivity index (χ1v) is 32.9. The van der Waals surface area contributed by atoms with Gasteiger partial charge < -0.3 is 29.9 Å². The van der Waals surface area contributed by atoms with Gasteiger partial charge in [-0.2, -0.15) is 0 Å². The van der Waals surface area contributed by atoms with E-state index >= 15 is 0 Å². The fraction of sp³-hybridized carbons (Fsp3) is 0.969. The molecule has 12 nitrogen and oxygen atoms in total. The van der Waals surface area contributed by atoms with E-state index in [-0.39, 0.29) is 36.9 Å². The second-order valence-electron chi connectivity index (χ2n) is 23.8. The van der Waals surface area contributed by atoms with Crippen LogP contribution in [0.4, 0.5) is 0 Å². The van der Waals surface area contributed by atoms with Crippen LogP contribution < -0.4 is 0 Å². The fourth-order valence-corrected chi connectivity index (χ4v) is 11.2. The van der Waals surface area contributed by atoms with Crippen molar-refractivity contribution in [3.63, 3.8) is 0 Å². The Bertz CT molecular complexity index is 1130. The second-order valence-corrected chi connectivity index (χ2v) is 23.8. The van der Waals surface area contributed by atoms with Crippen LogP contribution in [0.2, 0.25) is 0 Å². The summed E-state index contributed by atoms with van der Waals surface area (Å²) in [5, 5.41) is 44.1. The molecule has 0 aromatic rings. The summed E-state index contributed by atoms with van der Waals surface area (Å²) in [6.45, 7) is 19.7. The molecule has 0 saturated carbocycles. The van der Waals surface area contributed by atoms with E-state index in [1.165, 1.54) is 154 Å². The molecule has 1 rings (SSSR count). The van der Waals surface area contributed by atoms with Gasteiger partial charge in [-0.05, 0) is 39.5 Å². The molecule has 1 saturated heterocycles. The third-order valence-corrected chi connectivity index (χ3v) is 16.2. The van der Waals surface area contributed by atoms with E-state index < -0.39 is 24.4 Å². The summed E-state index contributed by atoms with van der Waals surface area (Å²) in [6, 6.07) is 0.489. The van der Waals surface area contributed by atoms with Gasteiger partial charge in [-0.3, -0.25) is 29.2 Å². The molecule has 1 fully saturated rings. The minimum absolute atomic E-state index is 0.230. The molecule has 0 aliphatic carbocycles. The number of carbonyl (C=O) groups excluding carboxylic acids is 2. The Morgan fingerprint density at radius 2 is 0.618 bits per heavy atom. The number of carbonyl (C=O) groups is 2.